The van der Waals surface area contributed by atoms with Crippen molar-refractivity contribution in [1.29, 1.82) is 0 Å². The van der Waals surface area contributed by atoms with Gasteiger partial charge in [0.2, 0.25) is 10.0 Å². The van der Waals surface area contributed by atoms with Gasteiger partial charge >= 0.3 is 0 Å². The largest absolute Gasteiger partial charge is 0.493 e. The molecule has 21 heavy (non-hydrogen) atoms. The number of aryl methyl sites for hydroxylation is 1. The fraction of sp³-hybridized carbons (Fsp3) is 0.385. The molecule has 0 saturated heterocycles. The minimum absolute atomic E-state index is 0.124. The molecule has 0 saturated carbocycles. The van der Waals surface area contributed by atoms with Crippen molar-refractivity contribution < 1.29 is 17.7 Å². The van der Waals surface area contributed by atoms with Crippen LogP contribution in [0.2, 0.25) is 0 Å². The molecular formula is C13H17N3O4S. The van der Waals surface area contributed by atoms with Crippen LogP contribution in [0.25, 0.3) is 11.5 Å². The summed E-state index contributed by atoms with van der Waals surface area (Å²) in [6.07, 6.45) is 0. The van der Waals surface area contributed by atoms with E-state index in [1.54, 1.807) is 19.9 Å². The van der Waals surface area contributed by atoms with Crippen LogP contribution in [-0.4, -0.2) is 31.7 Å². The van der Waals surface area contributed by atoms with E-state index in [4.69, 9.17) is 9.26 Å². The summed E-state index contributed by atoms with van der Waals surface area (Å²) in [6, 6.07) is 4.54. The molecule has 114 valence electrons. The molecular weight excluding hydrogens is 294 g/mol. The smallest absolute Gasteiger partial charge is 0.261 e. The zero-order valence-electron chi connectivity index (χ0n) is 12.1. The molecule has 0 aliphatic rings. The van der Waals surface area contributed by atoms with Gasteiger partial charge in [-0.25, -0.2) is 13.1 Å². The van der Waals surface area contributed by atoms with Crippen LogP contribution in [0, 0.1) is 6.92 Å². The lowest BCUT2D eigenvalue weighted by molar-refractivity contribution is 0.339. The summed E-state index contributed by atoms with van der Waals surface area (Å²) >= 11 is 0. The van der Waals surface area contributed by atoms with Gasteiger partial charge in [0, 0.05) is 6.54 Å². The molecule has 7 nitrogen and oxygen atoms in total. The Hall–Kier alpha value is -1.93. The van der Waals surface area contributed by atoms with Crippen LogP contribution < -0.4 is 9.46 Å². The standard InChI is InChI=1S/C13H17N3O4S/c1-4-14-21(17,18)10-6-7-12(19-5-2)11(8-10)13-15-9(3)16-20-13/h6-8,14H,4-5H2,1-3H3. The van der Waals surface area contributed by atoms with Crippen LogP contribution in [0.15, 0.2) is 27.6 Å². The summed E-state index contributed by atoms with van der Waals surface area (Å²) < 4.78 is 37.2. The van der Waals surface area contributed by atoms with E-state index in [-0.39, 0.29) is 10.8 Å². The Morgan fingerprint density at radius 3 is 2.67 bits per heavy atom. The predicted molar refractivity (Wildman–Crippen MR) is 76.5 cm³/mol. The van der Waals surface area contributed by atoms with E-state index in [1.807, 2.05) is 6.92 Å². The Bertz CT molecular complexity index is 725. The number of aromatic nitrogens is 2. The molecule has 0 aliphatic carbocycles. The highest BCUT2D eigenvalue weighted by Crippen LogP contribution is 2.31. The van der Waals surface area contributed by atoms with Gasteiger partial charge in [-0.1, -0.05) is 12.1 Å². The number of nitrogens with zero attached hydrogens (tertiary/aromatic N) is 2. The first-order chi connectivity index (χ1) is 9.97. The quantitative estimate of drug-likeness (QED) is 0.873. The van der Waals surface area contributed by atoms with Crippen LogP contribution >= 0.6 is 0 Å². The lowest BCUT2D eigenvalue weighted by Gasteiger charge is -2.10. The van der Waals surface area contributed by atoms with Crippen molar-refractivity contribution >= 4 is 10.0 Å². The third-order valence-corrected chi connectivity index (χ3v) is 4.20. The molecule has 0 atom stereocenters. The van der Waals surface area contributed by atoms with E-state index >= 15 is 0 Å². The molecule has 0 amide bonds. The van der Waals surface area contributed by atoms with Crippen molar-refractivity contribution in [3.63, 3.8) is 0 Å². The van der Waals surface area contributed by atoms with E-state index in [0.717, 1.165) is 0 Å². The molecule has 2 rings (SSSR count). The van der Waals surface area contributed by atoms with E-state index in [2.05, 4.69) is 14.9 Å². The zero-order valence-corrected chi connectivity index (χ0v) is 12.9. The molecule has 1 aromatic heterocycles. The van der Waals surface area contributed by atoms with Crippen molar-refractivity contribution in [3.8, 4) is 17.2 Å². The summed E-state index contributed by atoms with van der Waals surface area (Å²) in [6.45, 7) is 6.00. The fourth-order valence-electron chi connectivity index (χ4n) is 1.80. The van der Waals surface area contributed by atoms with Crippen molar-refractivity contribution in [1.82, 2.24) is 14.9 Å². The Labute approximate surface area is 123 Å². The van der Waals surface area contributed by atoms with Gasteiger partial charge in [-0.3, -0.25) is 0 Å². The normalized spacial score (nSPS) is 11.6. The van der Waals surface area contributed by atoms with Gasteiger partial charge < -0.3 is 9.26 Å². The van der Waals surface area contributed by atoms with Crippen molar-refractivity contribution in [2.24, 2.45) is 0 Å². The summed E-state index contributed by atoms with van der Waals surface area (Å²) in [7, 11) is -3.56. The van der Waals surface area contributed by atoms with E-state index < -0.39 is 10.0 Å². The Morgan fingerprint density at radius 1 is 1.33 bits per heavy atom. The number of hydrogen-bond donors (Lipinski definition) is 1. The van der Waals surface area contributed by atoms with Crippen molar-refractivity contribution in [3.05, 3.63) is 24.0 Å². The van der Waals surface area contributed by atoms with E-state index in [0.29, 0.717) is 30.3 Å². The van der Waals surface area contributed by atoms with E-state index in [9.17, 15) is 8.42 Å². The Balaban J connectivity index is 2.54. The average molecular weight is 311 g/mol. The molecule has 1 N–H and O–H groups in total. The van der Waals surface area contributed by atoms with Gasteiger partial charge in [-0.05, 0) is 32.0 Å². The summed E-state index contributed by atoms with van der Waals surface area (Å²) in [5.74, 6) is 1.19. The Morgan fingerprint density at radius 2 is 2.10 bits per heavy atom. The van der Waals surface area contributed by atoms with Crippen LogP contribution in [0.5, 0.6) is 5.75 Å². The van der Waals surface area contributed by atoms with Gasteiger partial charge in [0.05, 0.1) is 17.1 Å². The lowest BCUT2D eigenvalue weighted by atomic mass is 10.2. The minimum atomic E-state index is -3.56. The van der Waals surface area contributed by atoms with E-state index in [1.165, 1.54) is 12.1 Å². The highest BCUT2D eigenvalue weighted by molar-refractivity contribution is 7.89. The van der Waals surface area contributed by atoms with Gasteiger partial charge in [-0.2, -0.15) is 4.98 Å². The number of ether oxygens (including phenoxy) is 1. The highest BCUT2D eigenvalue weighted by Gasteiger charge is 2.19. The zero-order chi connectivity index (χ0) is 15.5. The summed E-state index contributed by atoms with van der Waals surface area (Å²) in [5, 5.41) is 3.72. The molecule has 8 heteroatoms. The molecule has 0 radical (unpaired) electrons. The van der Waals surface area contributed by atoms with Crippen molar-refractivity contribution in [2.45, 2.75) is 25.7 Å². The topological polar surface area (TPSA) is 94.3 Å². The van der Waals surface area contributed by atoms with Crippen molar-refractivity contribution in [2.75, 3.05) is 13.2 Å². The molecule has 0 unspecified atom stereocenters. The summed E-state index contributed by atoms with van der Waals surface area (Å²) in [5.41, 5.74) is 0.455. The van der Waals surface area contributed by atoms with Crippen LogP contribution in [0.3, 0.4) is 0 Å². The first kappa shape index (κ1) is 15.5. The number of hydrogen-bond acceptors (Lipinski definition) is 6. The third kappa shape index (κ3) is 3.40. The predicted octanol–water partition coefficient (Wildman–Crippen LogP) is 1.74. The number of nitrogens with one attached hydrogen (secondary N) is 1. The fourth-order valence-corrected chi connectivity index (χ4v) is 2.87. The maximum absolute atomic E-state index is 12.1. The first-order valence-corrected chi connectivity index (χ1v) is 8.03. The molecule has 0 bridgehead atoms. The number of benzene rings is 1. The minimum Gasteiger partial charge on any atom is -0.493 e. The Kier molecular flexibility index (Phi) is 4.59. The third-order valence-electron chi connectivity index (χ3n) is 2.65. The van der Waals surface area contributed by atoms with Crippen LogP contribution in [-0.2, 0) is 10.0 Å². The van der Waals surface area contributed by atoms with Crippen LogP contribution in [0.1, 0.15) is 19.7 Å². The van der Waals surface area contributed by atoms with Crippen LogP contribution in [0.4, 0.5) is 0 Å². The SMILES string of the molecule is CCNS(=O)(=O)c1ccc(OCC)c(-c2nc(C)no2)c1. The molecule has 0 fully saturated rings. The van der Waals surface area contributed by atoms with Gasteiger partial charge in [-0.15, -0.1) is 0 Å². The maximum Gasteiger partial charge on any atom is 0.261 e. The first-order valence-electron chi connectivity index (χ1n) is 6.55. The molecule has 1 heterocycles. The second-order valence-corrected chi connectivity index (χ2v) is 6.01. The number of sulfonamides is 1. The highest BCUT2D eigenvalue weighted by atomic mass is 32.2. The second kappa shape index (κ2) is 6.23. The molecule has 2 aromatic rings. The monoisotopic (exact) mass is 311 g/mol. The van der Waals surface area contributed by atoms with Gasteiger partial charge in [0.1, 0.15) is 5.75 Å². The molecule has 0 spiro atoms. The van der Waals surface area contributed by atoms with Gasteiger partial charge in [0.15, 0.2) is 5.82 Å². The average Bonchev–Trinajstić information content (AvgIpc) is 2.86. The number of rotatable bonds is 6. The molecule has 1 aromatic carbocycles. The lowest BCUT2D eigenvalue weighted by Crippen LogP contribution is -2.23. The second-order valence-electron chi connectivity index (χ2n) is 4.24. The maximum atomic E-state index is 12.1. The van der Waals surface area contributed by atoms with Gasteiger partial charge in [0.25, 0.3) is 5.89 Å². The molecule has 0 aliphatic heterocycles. The summed E-state index contributed by atoms with van der Waals surface area (Å²) in [4.78, 5) is 4.24.